The second kappa shape index (κ2) is 3.22. The monoisotopic (exact) mass is 185 g/mol. The van der Waals surface area contributed by atoms with E-state index in [1.807, 2.05) is 6.07 Å². The lowest BCUT2D eigenvalue weighted by molar-refractivity contribution is 0.0595. The minimum atomic E-state index is -0.375. The number of fused-ring (bicyclic) bond motifs is 1. The van der Waals surface area contributed by atoms with Crippen LogP contribution in [0.25, 0.3) is 10.9 Å². The van der Waals surface area contributed by atoms with Gasteiger partial charge in [0.15, 0.2) is 0 Å². The summed E-state index contributed by atoms with van der Waals surface area (Å²) in [6.07, 6.45) is 0. The van der Waals surface area contributed by atoms with Gasteiger partial charge in [0.1, 0.15) is 13.5 Å². The average molecular weight is 185 g/mol. The summed E-state index contributed by atoms with van der Waals surface area (Å²) in [5, 5.41) is 0.908. The zero-order valence-corrected chi connectivity index (χ0v) is 7.70. The summed E-state index contributed by atoms with van der Waals surface area (Å²) in [5.74, 6) is -0.375. The number of hydrogen-bond acceptors (Lipinski definition) is 2. The van der Waals surface area contributed by atoms with Gasteiger partial charge < -0.3 is 9.72 Å². The van der Waals surface area contributed by atoms with Crippen molar-refractivity contribution in [2.75, 3.05) is 7.11 Å². The molecule has 1 aromatic carbocycles. The Morgan fingerprint density at radius 1 is 1.43 bits per heavy atom. The first-order valence-electron chi connectivity index (χ1n) is 4.17. The molecule has 0 aliphatic carbocycles. The number of H-pyrrole nitrogens is 1. The molecule has 0 saturated carbocycles. The van der Waals surface area contributed by atoms with Crippen LogP contribution in [0.2, 0.25) is 0 Å². The Kier molecular flexibility index (Phi) is 2.04. The zero-order valence-electron chi connectivity index (χ0n) is 7.70. The lowest BCUT2D eigenvalue weighted by Gasteiger charge is -1.92. The van der Waals surface area contributed by atoms with E-state index >= 15 is 0 Å². The van der Waals surface area contributed by atoms with Crippen molar-refractivity contribution in [1.82, 2.24) is 4.98 Å². The van der Waals surface area contributed by atoms with Crippen molar-refractivity contribution in [2.24, 2.45) is 0 Å². The first-order valence-corrected chi connectivity index (χ1v) is 4.17. The van der Waals surface area contributed by atoms with Gasteiger partial charge in [-0.05, 0) is 17.5 Å². The molecule has 0 aliphatic heterocycles. The smallest absolute Gasteiger partial charge is 0.354 e. The van der Waals surface area contributed by atoms with E-state index < -0.39 is 0 Å². The number of aromatic nitrogens is 1. The molecule has 1 aromatic heterocycles. The fourth-order valence-corrected chi connectivity index (χ4v) is 1.37. The van der Waals surface area contributed by atoms with Crippen molar-refractivity contribution < 1.29 is 9.53 Å². The van der Waals surface area contributed by atoms with Crippen molar-refractivity contribution in [3.8, 4) is 0 Å². The molecule has 0 saturated heterocycles. The number of benzene rings is 1. The van der Waals surface area contributed by atoms with Crippen LogP contribution in [-0.4, -0.2) is 25.9 Å². The van der Waals surface area contributed by atoms with E-state index in [-0.39, 0.29) is 5.97 Å². The molecule has 4 heteroatoms. The van der Waals surface area contributed by atoms with Gasteiger partial charge in [-0.2, -0.15) is 0 Å². The minimum absolute atomic E-state index is 0.375. The van der Waals surface area contributed by atoms with Gasteiger partial charge >= 0.3 is 5.97 Å². The van der Waals surface area contributed by atoms with Crippen LogP contribution in [0.1, 0.15) is 10.5 Å². The molecular formula is C10H8BNO2. The molecule has 0 spiro atoms. The highest BCUT2D eigenvalue weighted by molar-refractivity contribution is 6.33. The van der Waals surface area contributed by atoms with Gasteiger partial charge in [0.2, 0.25) is 0 Å². The second-order valence-corrected chi connectivity index (χ2v) is 3.02. The third-order valence-electron chi connectivity index (χ3n) is 2.05. The summed E-state index contributed by atoms with van der Waals surface area (Å²) < 4.78 is 4.59. The zero-order chi connectivity index (χ0) is 10.1. The van der Waals surface area contributed by atoms with E-state index in [1.165, 1.54) is 7.11 Å². The molecule has 0 unspecified atom stereocenters. The van der Waals surface area contributed by atoms with E-state index in [4.69, 9.17) is 7.85 Å². The number of carbonyl (C=O) groups is 1. The van der Waals surface area contributed by atoms with Crippen LogP contribution in [-0.2, 0) is 4.74 Å². The van der Waals surface area contributed by atoms with Crippen molar-refractivity contribution in [3.63, 3.8) is 0 Å². The number of aromatic amines is 1. The van der Waals surface area contributed by atoms with Crippen LogP contribution in [0.15, 0.2) is 24.3 Å². The predicted octanol–water partition coefficient (Wildman–Crippen LogP) is 0.748. The van der Waals surface area contributed by atoms with Gasteiger partial charge in [0.05, 0.1) is 7.11 Å². The molecule has 0 amide bonds. The van der Waals surface area contributed by atoms with Crippen LogP contribution >= 0.6 is 0 Å². The summed E-state index contributed by atoms with van der Waals surface area (Å²) in [7, 11) is 6.96. The molecule has 1 N–H and O–H groups in total. The maximum absolute atomic E-state index is 11.2. The number of methoxy groups -OCH3 is 1. The molecule has 1 heterocycles. The van der Waals surface area contributed by atoms with Gasteiger partial charge in [-0.25, -0.2) is 4.79 Å². The summed E-state index contributed by atoms with van der Waals surface area (Å²) in [6.45, 7) is 0. The summed E-state index contributed by atoms with van der Waals surface area (Å²) in [4.78, 5) is 14.1. The number of nitrogens with one attached hydrogen (secondary N) is 1. The first kappa shape index (κ1) is 8.87. The van der Waals surface area contributed by atoms with Gasteiger partial charge in [-0.15, -0.1) is 0 Å². The fourth-order valence-electron chi connectivity index (χ4n) is 1.37. The number of hydrogen-bond donors (Lipinski definition) is 1. The Morgan fingerprint density at radius 3 is 2.93 bits per heavy atom. The van der Waals surface area contributed by atoms with Crippen LogP contribution < -0.4 is 5.46 Å². The van der Waals surface area contributed by atoms with E-state index in [0.29, 0.717) is 11.2 Å². The van der Waals surface area contributed by atoms with E-state index in [9.17, 15) is 4.79 Å². The normalized spacial score (nSPS) is 10.4. The van der Waals surface area contributed by atoms with Gasteiger partial charge in [-0.1, -0.05) is 17.6 Å². The Morgan fingerprint density at radius 2 is 2.21 bits per heavy atom. The van der Waals surface area contributed by atoms with Crippen LogP contribution in [0, 0.1) is 0 Å². The largest absolute Gasteiger partial charge is 0.464 e. The molecule has 0 bridgehead atoms. The summed E-state index contributed by atoms with van der Waals surface area (Å²) >= 11 is 0. The Hall–Kier alpha value is -1.71. The van der Waals surface area contributed by atoms with Gasteiger partial charge in [0, 0.05) is 5.52 Å². The third-order valence-corrected chi connectivity index (χ3v) is 2.05. The van der Waals surface area contributed by atoms with Crippen LogP contribution in [0.5, 0.6) is 0 Å². The van der Waals surface area contributed by atoms with Crippen LogP contribution in [0.4, 0.5) is 0 Å². The number of ether oxygens (including phenoxy) is 1. The molecule has 68 valence electrons. The topological polar surface area (TPSA) is 42.1 Å². The predicted molar refractivity (Wildman–Crippen MR) is 55.0 cm³/mol. The molecular weight excluding hydrogens is 177 g/mol. The Balaban J connectivity index is 2.56. The molecule has 0 aliphatic rings. The molecule has 2 radical (unpaired) electrons. The standard InChI is InChI=1S/C10H8BNO2/c1-14-10(13)9-5-6-4-7(11)2-3-8(6)12-9/h2-5,12H,1H3. The maximum atomic E-state index is 11.2. The first-order chi connectivity index (χ1) is 6.70. The second-order valence-electron chi connectivity index (χ2n) is 3.02. The number of esters is 1. The van der Waals surface area contributed by atoms with Gasteiger partial charge in [0.25, 0.3) is 0 Å². The highest BCUT2D eigenvalue weighted by Gasteiger charge is 2.08. The Bertz CT molecular complexity index is 490. The van der Waals surface area contributed by atoms with Gasteiger partial charge in [-0.3, -0.25) is 0 Å². The fraction of sp³-hybridized carbons (Fsp3) is 0.100. The quantitative estimate of drug-likeness (QED) is 0.526. The summed E-state index contributed by atoms with van der Waals surface area (Å²) in [5.41, 5.74) is 1.99. The lowest BCUT2D eigenvalue weighted by atomic mass is 9.95. The molecule has 3 nitrogen and oxygen atoms in total. The SMILES string of the molecule is [B]c1ccc2[nH]c(C(=O)OC)cc2c1. The van der Waals surface area contributed by atoms with E-state index in [1.54, 1.807) is 18.2 Å². The average Bonchev–Trinajstić information content (AvgIpc) is 2.59. The number of carbonyl (C=O) groups excluding carboxylic acids is 1. The van der Waals surface area contributed by atoms with E-state index in [0.717, 1.165) is 10.9 Å². The summed E-state index contributed by atoms with van der Waals surface area (Å²) in [6, 6.07) is 7.13. The van der Waals surface area contributed by atoms with Crippen molar-refractivity contribution in [1.29, 1.82) is 0 Å². The van der Waals surface area contributed by atoms with Crippen LogP contribution in [0.3, 0.4) is 0 Å². The Labute approximate surface area is 82.5 Å². The molecule has 2 rings (SSSR count). The third kappa shape index (κ3) is 1.39. The maximum Gasteiger partial charge on any atom is 0.354 e. The highest BCUT2D eigenvalue weighted by atomic mass is 16.5. The number of rotatable bonds is 1. The molecule has 14 heavy (non-hydrogen) atoms. The minimum Gasteiger partial charge on any atom is -0.464 e. The molecule has 2 aromatic rings. The van der Waals surface area contributed by atoms with Crippen molar-refractivity contribution in [3.05, 3.63) is 30.0 Å². The molecule has 0 fully saturated rings. The van der Waals surface area contributed by atoms with Crippen molar-refractivity contribution >= 4 is 30.2 Å². The van der Waals surface area contributed by atoms with Crippen molar-refractivity contribution in [2.45, 2.75) is 0 Å². The van der Waals surface area contributed by atoms with E-state index in [2.05, 4.69) is 9.72 Å². The highest BCUT2D eigenvalue weighted by Crippen LogP contribution is 2.13. The lowest BCUT2D eigenvalue weighted by Crippen LogP contribution is -2.00. The molecule has 0 atom stereocenters.